The Labute approximate surface area is 449 Å². The van der Waals surface area contributed by atoms with Crippen molar-refractivity contribution in [3.8, 4) is 0 Å². The lowest BCUT2D eigenvalue weighted by Gasteiger charge is -2.41. The van der Waals surface area contributed by atoms with E-state index in [0.717, 1.165) is 69.0 Å². The fourth-order valence-electron chi connectivity index (χ4n) is 12.0. The number of likely N-dealkylation sites (tertiary alicyclic amines) is 1. The van der Waals surface area contributed by atoms with Crippen molar-refractivity contribution in [2.24, 2.45) is 35.0 Å². The summed E-state index contributed by atoms with van der Waals surface area (Å²) < 4.78 is 17.6. The minimum atomic E-state index is -0.897. The molecule has 4 amide bonds. The zero-order valence-electron chi connectivity index (χ0n) is 47.4. The van der Waals surface area contributed by atoms with Gasteiger partial charge in [-0.25, -0.2) is 9.86 Å². The van der Waals surface area contributed by atoms with E-state index in [4.69, 9.17) is 19.0 Å². The first-order valence-corrected chi connectivity index (χ1v) is 28.2. The molecule has 418 valence electrons. The highest BCUT2D eigenvalue weighted by Gasteiger charge is 2.63. The molecular weight excluding hydrogens is 951 g/mol. The van der Waals surface area contributed by atoms with Crippen molar-refractivity contribution in [1.82, 2.24) is 25.1 Å². The van der Waals surface area contributed by atoms with Crippen molar-refractivity contribution in [3.05, 3.63) is 71.8 Å². The first kappa shape index (κ1) is 61.2. The van der Waals surface area contributed by atoms with Crippen LogP contribution in [0.5, 0.6) is 0 Å². The van der Waals surface area contributed by atoms with E-state index < -0.39 is 41.6 Å². The number of hydrogen-bond acceptors (Lipinski definition) is 11. The van der Waals surface area contributed by atoms with Gasteiger partial charge in [-0.05, 0) is 93.3 Å². The van der Waals surface area contributed by atoms with Crippen LogP contribution < -0.4 is 5.32 Å². The summed E-state index contributed by atoms with van der Waals surface area (Å²) >= 11 is 0. The Kier molecular flexibility index (Phi) is 24.2. The van der Waals surface area contributed by atoms with Gasteiger partial charge in [0.05, 0.1) is 48.8 Å². The number of carbonyl (C=O) groups is 6. The Bertz CT molecular complexity index is 2120. The summed E-state index contributed by atoms with van der Waals surface area (Å²) in [5.74, 6) is -1.83. The van der Waals surface area contributed by atoms with Crippen molar-refractivity contribution < 1.29 is 47.8 Å². The lowest BCUT2D eigenvalue weighted by molar-refractivity contribution is -0.203. The smallest absolute Gasteiger partial charge is 0.407 e. The highest BCUT2D eigenvalue weighted by Crippen LogP contribution is 2.63. The highest BCUT2D eigenvalue weighted by atomic mass is 16.7. The predicted octanol–water partition coefficient (Wildman–Crippen LogP) is 9.27. The van der Waals surface area contributed by atoms with Crippen LogP contribution in [-0.2, 0) is 49.6 Å². The number of hydroxylamine groups is 2. The number of rotatable bonds is 31. The number of methoxy groups -OCH3 is 2. The van der Waals surface area contributed by atoms with Gasteiger partial charge < -0.3 is 29.3 Å². The molecule has 0 aromatic heterocycles. The molecule has 2 aromatic carbocycles. The van der Waals surface area contributed by atoms with Gasteiger partial charge in [0.1, 0.15) is 12.4 Å². The van der Waals surface area contributed by atoms with Gasteiger partial charge in [-0.1, -0.05) is 128 Å². The standard InChI is InChI=1S/C60H93N5O10/c1-12-43(6)55(63(9)57(69)47(41(2)3)36-50(66)54(42(4)5)62(8)32-22-14-13-21-31-61-59(71)74-40-45-26-17-15-18-27-45)52(72-10)37-53(68)64-33-25-30-49(64)56(73-11)44(7)51(67)39-60(58(70)65-34-23-24-35-75-65)38-48(60)46-28-19-16-20-29-46/h15-20,26-29,41-44,47-49,52,54-56H,12-14,21-25,30-40H2,1-11H3,(H,61,71)/t43-,44-,47-,48+,49-,52+,54-,55-,56+,60-/m0/s1. The molecule has 0 unspecified atom stereocenters. The van der Waals surface area contributed by atoms with Gasteiger partial charge in [-0.3, -0.25) is 33.7 Å². The molecule has 15 nitrogen and oxygen atoms in total. The lowest BCUT2D eigenvalue weighted by Crippen LogP contribution is -2.54. The lowest BCUT2D eigenvalue weighted by atomic mass is 9.83. The molecule has 75 heavy (non-hydrogen) atoms. The molecule has 2 aromatic rings. The third kappa shape index (κ3) is 16.4. The van der Waals surface area contributed by atoms with Crippen LogP contribution >= 0.6 is 0 Å². The van der Waals surface area contributed by atoms with Crippen molar-refractivity contribution in [2.75, 3.05) is 61.1 Å². The maximum atomic E-state index is 14.8. The number of Topliss-reactive ketones (excluding diaryl/α,β-unsaturated/α-hetero) is 2. The van der Waals surface area contributed by atoms with Crippen molar-refractivity contribution >= 4 is 35.4 Å². The molecule has 2 aliphatic heterocycles. The Hall–Kier alpha value is -4.70. The molecule has 1 saturated carbocycles. The molecule has 5 rings (SSSR count). The normalized spacial score (nSPS) is 21.5. The number of nitrogens with zero attached hydrogens (tertiary/aromatic N) is 4. The average Bonchev–Trinajstić information content (AvgIpc) is 3.95. The van der Waals surface area contributed by atoms with Gasteiger partial charge in [0, 0.05) is 65.6 Å². The highest BCUT2D eigenvalue weighted by molar-refractivity contribution is 5.94. The zero-order valence-corrected chi connectivity index (χ0v) is 47.4. The van der Waals surface area contributed by atoms with Crippen LogP contribution in [0.25, 0.3) is 0 Å². The van der Waals surface area contributed by atoms with E-state index in [9.17, 15) is 28.8 Å². The van der Waals surface area contributed by atoms with Gasteiger partial charge in [0.15, 0.2) is 5.78 Å². The van der Waals surface area contributed by atoms with E-state index in [-0.39, 0.29) is 90.9 Å². The van der Waals surface area contributed by atoms with Crippen LogP contribution in [0.1, 0.15) is 149 Å². The number of amides is 4. The second-order valence-corrected chi connectivity index (χ2v) is 22.6. The number of likely N-dealkylation sites (N-methyl/N-ethyl adjacent to an activating group) is 2. The van der Waals surface area contributed by atoms with E-state index >= 15 is 0 Å². The first-order valence-electron chi connectivity index (χ1n) is 28.2. The number of ether oxygens (including phenoxy) is 3. The number of carbonyl (C=O) groups excluding carboxylic acids is 6. The monoisotopic (exact) mass is 1040 g/mol. The number of benzene rings is 2. The number of ketones is 2. The SMILES string of the molecule is CC[C@H](C)[C@@H]([C@@H](CC(=O)N1CCC[C@H]1[C@H](OC)[C@@H](C)C(=O)C[C@@]1(C(=O)N2CCCCO2)C[C@@H]1c1ccccc1)OC)N(C)C(=O)[C@@H](CC(=O)[C@H](C(C)C)N(C)CCCCCCNC(=O)OCc1ccccc1)C(C)C. The van der Waals surface area contributed by atoms with E-state index in [1.54, 1.807) is 26.2 Å². The minimum absolute atomic E-state index is 0.0217. The van der Waals surface area contributed by atoms with Crippen LogP contribution in [-0.4, -0.2) is 147 Å². The fourth-order valence-corrected chi connectivity index (χ4v) is 12.0. The molecule has 1 N–H and O–H groups in total. The molecule has 15 heteroatoms. The largest absolute Gasteiger partial charge is 0.445 e. The molecule has 10 atom stereocenters. The number of nitrogens with one attached hydrogen (secondary N) is 1. The van der Waals surface area contributed by atoms with Crippen LogP contribution in [0.2, 0.25) is 0 Å². The summed E-state index contributed by atoms with van der Waals surface area (Å²) in [5.41, 5.74) is 1.08. The molecule has 3 aliphatic rings. The number of unbranched alkanes of at least 4 members (excludes halogenated alkanes) is 3. The molecule has 1 aliphatic carbocycles. The summed E-state index contributed by atoms with van der Waals surface area (Å²) in [5, 5.41) is 4.31. The average molecular weight is 1040 g/mol. The first-order chi connectivity index (χ1) is 35.9. The predicted molar refractivity (Wildman–Crippen MR) is 291 cm³/mol. The molecule has 2 heterocycles. The van der Waals surface area contributed by atoms with Crippen LogP contribution in [0.4, 0.5) is 4.79 Å². The summed E-state index contributed by atoms with van der Waals surface area (Å²) in [6, 6.07) is 18.3. The second kappa shape index (κ2) is 29.7. The maximum absolute atomic E-state index is 14.8. The van der Waals surface area contributed by atoms with E-state index in [1.807, 2.05) is 93.4 Å². The second-order valence-electron chi connectivity index (χ2n) is 22.6. The molecule has 2 saturated heterocycles. The van der Waals surface area contributed by atoms with Gasteiger partial charge in [0.2, 0.25) is 11.8 Å². The van der Waals surface area contributed by atoms with Gasteiger partial charge in [-0.2, -0.15) is 0 Å². The van der Waals surface area contributed by atoms with Crippen LogP contribution in [0.15, 0.2) is 60.7 Å². The van der Waals surface area contributed by atoms with Gasteiger partial charge >= 0.3 is 6.09 Å². The summed E-state index contributed by atoms with van der Waals surface area (Å²) in [4.78, 5) is 96.2. The van der Waals surface area contributed by atoms with E-state index in [1.165, 1.54) is 5.06 Å². The number of hydrogen-bond donors (Lipinski definition) is 1. The van der Waals surface area contributed by atoms with Crippen molar-refractivity contribution in [1.29, 1.82) is 0 Å². The molecule has 0 radical (unpaired) electrons. The van der Waals surface area contributed by atoms with Crippen LogP contribution in [0.3, 0.4) is 0 Å². The van der Waals surface area contributed by atoms with E-state index in [2.05, 4.69) is 37.9 Å². The zero-order chi connectivity index (χ0) is 54.8. The summed E-state index contributed by atoms with van der Waals surface area (Å²) in [6.45, 7) is 17.1. The number of alkyl carbamates (subject to hydrolysis) is 1. The molecule has 3 fully saturated rings. The maximum Gasteiger partial charge on any atom is 0.407 e. The summed E-state index contributed by atoms with van der Waals surface area (Å²) in [6.07, 6.45) is 6.56. The molecule has 0 bridgehead atoms. The molecule has 0 spiro atoms. The fraction of sp³-hybridized carbons (Fsp3) is 0.700. The minimum Gasteiger partial charge on any atom is -0.445 e. The Morgan fingerprint density at radius 2 is 1.48 bits per heavy atom. The third-order valence-electron chi connectivity index (χ3n) is 16.7. The molecular formula is C60H93N5O10. The van der Waals surface area contributed by atoms with Gasteiger partial charge in [-0.15, -0.1) is 0 Å². The summed E-state index contributed by atoms with van der Waals surface area (Å²) in [7, 11) is 6.96. The van der Waals surface area contributed by atoms with Gasteiger partial charge in [0.25, 0.3) is 5.91 Å². The topological polar surface area (TPSA) is 164 Å². The van der Waals surface area contributed by atoms with Crippen molar-refractivity contribution in [2.45, 2.75) is 175 Å². The van der Waals surface area contributed by atoms with Crippen LogP contribution in [0, 0.1) is 35.0 Å². The Morgan fingerprint density at radius 1 is 0.800 bits per heavy atom. The van der Waals surface area contributed by atoms with E-state index in [0.29, 0.717) is 39.1 Å². The third-order valence-corrected chi connectivity index (χ3v) is 16.7. The van der Waals surface area contributed by atoms with Crippen molar-refractivity contribution in [3.63, 3.8) is 0 Å². The quantitative estimate of drug-likeness (QED) is 0.0716. The Balaban J connectivity index is 1.18. The Morgan fingerprint density at radius 3 is 2.09 bits per heavy atom.